The summed E-state index contributed by atoms with van der Waals surface area (Å²) < 4.78 is 1.88. The van der Waals surface area contributed by atoms with Crippen LogP contribution in [-0.4, -0.2) is 57.8 Å². The fourth-order valence-corrected chi connectivity index (χ4v) is 3.56. The number of nitrogens with one attached hydrogen (secondary N) is 1. The van der Waals surface area contributed by atoms with Gasteiger partial charge in [0.05, 0.1) is 17.1 Å². The molecule has 1 aliphatic carbocycles. The highest BCUT2D eigenvalue weighted by Crippen LogP contribution is 2.28. The summed E-state index contributed by atoms with van der Waals surface area (Å²) in [5.74, 6) is 0. The molecule has 1 aliphatic heterocycles. The average Bonchev–Trinajstić information content (AvgIpc) is 3.40. The average molecular weight is 339 g/mol. The Morgan fingerprint density at radius 1 is 1.12 bits per heavy atom. The molecule has 132 valence electrons. The second kappa shape index (κ2) is 6.52. The molecule has 2 aromatic rings. The molecule has 1 saturated carbocycles. The van der Waals surface area contributed by atoms with Gasteiger partial charge in [0.2, 0.25) is 0 Å². The smallest absolute Gasteiger partial charge is 0.321 e. The first-order valence-corrected chi connectivity index (χ1v) is 9.04. The fourth-order valence-electron chi connectivity index (χ4n) is 3.56. The number of rotatable bonds is 3. The van der Waals surface area contributed by atoms with Gasteiger partial charge in [-0.3, -0.25) is 4.90 Å². The summed E-state index contributed by atoms with van der Waals surface area (Å²) in [7, 11) is 0. The molecule has 4 rings (SSSR count). The number of piperazine rings is 1. The molecular weight excluding hydrogens is 314 g/mol. The van der Waals surface area contributed by atoms with Crippen LogP contribution in [0.2, 0.25) is 0 Å². The Balaban J connectivity index is 1.47. The van der Waals surface area contributed by atoms with Gasteiger partial charge in [0.15, 0.2) is 0 Å². The fraction of sp³-hybridized carbons (Fsp3) is 0.474. The molecule has 2 amide bonds. The number of aromatic nitrogens is 2. The van der Waals surface area contributed by atoms with Crippen molar-refractivity contribution < 1.29 is 4.79 Å². The summed E-state index contributed by atoms with van der Waals surface area (Å²) >= 11 is 0. The second-order valence-corrected chi connectivity index (χ2v) is 7.04. The van der Waals surface area contributed by atoms with Gasteiger partial charge in [-0.1, -0.05) is 12.1 Å². The van der Waals surface area contributed by atoms with Crippen molar-refractivity contribution in [3.63, 3.8) is 0 Å². The van der Waals surface area contributed by atoms with E-state index in [4.69, 9.17) is 0 Å². The highest BCUT2D eigenvalue weighted by Gasteiger charge is 2.32. The Morgan fingerprint density at radius 2 is 1.84 bits per heavy atom. The number of para-hydroxylation sites is 2. The van der Waals surface area contributed by atoms with Gasteiger partial charge in [0.1, 0.15) is 0 Å². The van der Waals surface area contributed by atoms with Crippen molar-refractivity contribution in [3.05, 3.63) is 41.7 Å². The zero-order chi connectivity index (χ0) is 17.4. The van der Waals surface area contributed by atoms with Crippen molar-refractivity contribution in [1.82, 2.24) is 19.6 Å². The molecule has 25 heavy (non-hydrogen) atoms. The van der Waals surface area contributed by atoms with Crippen LogP contribution in [0.4, 0.5) is 10.5 Å². The quantitative estimate of drug-likeness (QED) is 0.935. The number of nitrogens with zero attached hydrogens (tertiary/aromatic N) is 4. The molecule has 0 bridgehead atoms. The number of amides is 2. The third kappa shape index (κ3) is 3.39. The van der Waals surface area contributed by atoms with Crippen molar-refractivity contribution in [1.29, 1.82) is 0 Å². The summed E-state index contributed by atoms with van der Waals surface area (Å²) in [6.07, 6.45) is 2.64. The van der Waals surface area contributed by atoms with E-state index in [1.54, 1.807) is 0 Å². The maximum Gasteiger partial charge on any atom is 0.321 e. The molecule has 1 aromatic heterocycles. The monoisotopic (exact) mass is 339 g/mol. The van der Waals surface area contributed by atoms with Crippen LogP contribution in [-0.2, 0) is 0 Å². The van der Waals surface area contributed by atoms with Crippen molar-refractivity contribution in [2.75, 3.05) is 31.5 Å². The lowest BCUT2D eigenvalue weighted by molar-refractivity contribution is 0.142. The Labute approximate surface area is 148 Å². The van der Waals surface area contributed by atoms with Crippen LogP contribution in [0.3, 0.4) is 0 Å². The normalized spacial score (nSPS) is 18.4. The number of anilines is 1. The molecule has 0 atom stereocenters. The lowest BCUT2D eigenvalue weighted by Crippen LogP contribution is -2.50. The standard InChI is InChI=1S/C19H25N5O/c1-14-13-15(2)24(21-14)18-6-4-3-5-17(18)20-19(25)23-11-9-22(10-12-23)16-7-8-16/h3-6,13,16H,7-12H2,1-2H3,(H,20,25). The van der Waals surface area contributed by atoms with E-state index in [-0.39, 0.29) is 6.03 Å². The van der Waals surface area contributed by atoms with Crippen molar-refractivity contribution in [2.24, 2.45) is 0 Å². The van der Waals surface area contributed by atoms with Crippen LogP contribution in [0, 0.1) is 13.8 Å². The largest absolute Gasteiger partial charge is 0.322 e. The topological polar surface area (TPSA) is 53.4 Å². The van der Waals surface area contributed by atoms with E-state index >= 15 is 0 Å². The van der Waals surface area contributed by atoms with E-state index in [1.807, 2.05) is 53.8 Å². The maximum atomic E-state index is 12.7. The van der Waals surface area contributed by atoms with Crippen LogP contribution >= 0.6 is 0 Å². The first-order valence-electron chi connectivity index (χ1n) is 9.04. The van der Waals surface area contributed by atoms with Gasteiger partial charge in [0, 0.05) is 37.9 Å². The van der Waals surface area contributed by atoms with Crippen LogP contribution < -0.4 is 5.32 Å². The van der Waals surface area contributed by atoms with Crippen LogP contribution in [0.1, 0.15) is 24.2 Å². The Kier molecular flexibility index (Phi) is 4.21. The molecule has 0 radical (unpaired) electrons. The number of carbonyl (C=O) groups excluding carboxylic acids is 1. The van der Waals surface area contributed by atoms with Gasteiger partial charge in [-0.05, 0) is 44.9 Å². The van der Waals surface area contributed by atoms with E-state index in [1.165, 1.54) is 12.8 Å². The van der Waals surface area contributed by atoms with Crippen LogP contribution in [0.15, 0.2) is 30.3 Å². The lowest BCUT2D eigenvalue weighted by atomic mass is 10.2. The van der Waals surface area contributed by atoms with E-state index in [0.29, 0.717) is 0 Å². The SMILES string of the molecule is Cc1cc(C)n(-c2ccccc2NC(=O)N2CCN(C3CC3)CC2)n1. The zero-order valence-corrected chi connectivity index (χ0v) is 14.9. The molecule has 2 fully saturated rings. The van der Waals surface area contributed by atoms with E-state index in [0.717, 1.165) is 55.0 Å². The molecule has 2 aliphatic rings. The molecular formula is C19H25N5O. The molecule has 6 heteroatoms. The minimum Gasteiger partial charge on any atom is -0.322 e. The third-order valence-electron chi connectivity index (χ3n) is 5.05. The predicted molar refractivity (Wildman–Crippen MR) is 98.2 cm³/mol. The number of carbonyl (C=O) groups is 1. The minimum absolute atomic E-state index is 0.0237. The van der Waals surface area contributed by atoms with E-state index in [2.05, 4.69) is 15.3 Å². The predicted octanol–water partition coefficient (Wildman–Crippen LogP) is 2.80. The Bertz CT molecular complexity index is 772. The summed E-state index contributed by atoms with van der Waals surface area (Å²) in [4.78, 5) is 17.1. The molecule has 2 heterocycles. The van der Waals surface area contributed by atoms with Gasteiger partial charge in [-0.15, -0.1) is 0 Å². The van der Waals surface area contributed by atoms with E-state index < -0.39 is 0 Å². The number of hydrogen-bond donors (Lipinski definition) is 1. The molecule has 6 nitrogen and oxygen atoms in total. The molecule has 1 aromatic carbocycles. The Hall–Kier alpha value is -2.34. The van der Waals surface area contributed by atoms with Crippen molar-refractivity contribution >= 4 is 11.7 Å². The van der Waals surface area contributed by atoms with Gasteiger partial charge in [-0.25, -0.2) is 9.48 Å². The summed E-state index contributed by atoms with van der Waals surface area (Å²) in [6, 6.07) is 10.6. The third-order valence-corrected chi connectivity index (χ3v) is 5.05. The highest BCUT2D eigenvalue weighted by atomic mass is 16.2. The van der Waals surface area contributed by atoms with Crippen molar-refractivity contribution in [3.8, 4) is 5.69 Å². The molecule has 1 saturated heterocycles. The summed E-state index contributed by atoms with van der Waals surface area (Å²) in [6.45, 7) is 7.56. The van der Waals surface area contributed by atoms with E-state index in [9.17, 15) is 4.79 Å². The van der Waals surface area contributed by atoms with Crippen molar-refractivity contribution in [2.45, 2.75) is 32.7 Å². The number of hydrogen-bond acceptors (Lipinski definition) is 3. The second-order valence-electron chi connectivity index (χ2n) is 7.04. The first-order chi connectivity index (χ1) is 12.1. The first kappa shape index (κ1) is 16.1. The van der Waals surface area contributed by atoms with Crippen LogP contribution in [0.5, 0.6) is 0 Å². The molecule has 1 N–H and O–H groups in total. The lowest BCUT2D eigenvalue weighted by Gasteiger charge is -2.34. The summed E-state index contributed by atoms with van der Waals surface area (Å²) in [5.41, 5.74) is 3.72. The Morgan fingerprint density at radius 3 is 2.48 bits per heavy atom. The number of aryl methyl sites for hydroxylation is 2. The highest BCUT2D eigenvalue weighted by molar-refractivity contribution is 5.91. The zero-order valence-electron chi connectivity index (χ0n) is 14.9. The van der Waals surface area contributed by atoms with Gasteiger partial charge in [0.25, 0.3) is 0 Å². The number of benzene rings is 1. The number of urea groups is 1. The maximum absolute atomic E-state index is 12.7. The molecule has 0 unspecified atom stereocenters. The van der Waals surface area contributed by atoms with Gasteiger partial charge in [-0.2, -0.15) is 5.10 Å². The van der Waals surface area contributed by atoms with Gasteiger partial charge >= 0.3 is 6.03 Å². The van der Waals surface area contributed by atoms with Gasteiger partial charge < -0.3 is 10.2 Å². The van der Waals surface area contributed by atoms with Crippen LogP contribution in [0.25, 0.3) is 5.69 Å². The summed E-state index contributed by atoms with van der Waals surface area (Å²) in [5, 5.41) is 7.62. The minimum atomic E-state index is -0.0237. The molecule has 0 spiro atoms.